The highest BCUT2D eigenvalue weighted by atomic mass is 16.5. The molecule has 0 aromatic heterocycles. The number of hydrogen-bond acceptors (Lipinski definition) is 4. The summed E-state index contributed by atoms with van der Waals surface area (Å²) in [5.41, 5.74) is 2.11. The summed E-state index contributed by atoms with van der Waals surface area (Å²) >= 11 is 0. The fourth-order valence-electron chi connectivity index (χ4n) is 3.39. The van der Waals surface area contributed by atoms with E-state index in [9.17, 15) is 4.79 Å². The molecule has 0 bridgehead atoms. The SMILES string of the molecule is O=C(O)C#CC1CNC2=C1CC(c1ccccc1Oc1ccccc1)C=N2. The summed E-state index contributed by atoms with van der Waals surface area (Å²) in [6.45, 7) is 0.594. The summed E-state index contributed by atoms with van der Waals surface area (Å²) in [6, 6.07) is 17.6. The number of carboxylic acid groups (broad SMARTS) is 1. The van der Waals surface area contributed by atoms with Gasteiger partial charge in [0.1, 0.15) is 17.3 Å². The van der Waals surface area contributed by atoms with Gasteiger partial charge >= 0.3 is 5.97 Å². The summed E-state index contributed by atoms with van der Waals surface area (Å²) in [6.07, 6.45) is 2.66. The molecule has 0 saturated carbocycles. The average molecular weight is 358 g/mol. The van der Waals surface area contributed by atoms with Gasteiger partial charge in [0, 0.05) is 30.2 Å². The molecular weight excluding hydrogens is 340 g/mol. The van der Waals surface area contributed by atoms with E-state index in [1.54, 1.807) is 0 Å². The Morgan fingerprint density at radius 3 is 2.74 bits per heavy atom. The van der Waals surface area contributed by atoms with Crippen LogP contribution < -0.4 is 10.1 Å². The second-order valence-corrected chi connectivity index (χ2v) is 6.42. The Bertz CT molecular complexity index is 983. The number of rotatable bonds is 3. The van der Waals surface area contributed by atoms with E-state index in [-0.39, 0.29) is 11.8 Å². The number of ether oxygens (including phenoxy) is 1. The van der Waals surface area contributed by atoms with Crippen molar-refractivity contribution in [2.24, 2.45) is 10.9 Å². The fraction of sp³-hybridized carbons (Fsp3) is 0.182. The van der Waals surface area contributed by atoms with Crippen molar-refractivity contribution in [2.75, 3.05) is 6.54 Å². The molecule has 2 aliphatic rings. The first-order valence-corrected chi connectivity index (χ1v) is 8.78. The summed E-state index contributed by atoms with van der Waals surface area (Å²) < 4.78 is 6.08. The molecule has 0 radical (unpaired) electrons. The molecule has 2 N–H and O–H groups in total. The van der Waals surface area contributed by atoms with Gasteiger partial charge in [0.25, 0.3) is 0 Å². The molecule has 0 amide bonds. The number of aliphatic carboxylic acids is 1. The van der Waals surface area contributed by atoms with Gasteiger partial charge in [0.2, 0.25) is 0 Å². The van der Waals surface area contributed by atoms with E-state index in [1.165, 1.54) is 0 Å². The second-order valence-electron chi connectivity index (χ2n) is 6.42. The number of aliphatic imine (C=N–C) groups is 1. The Morgan fingerprint density at radius 2 is 1.93 bits per heavy atom. The lowest BCUT2D eigenvalue weighted by Crippen LogP contribution is -2.12. The average Bonchev–Trinajstić information content (AvgIpc) is 3.10. The molecule has 2 aliphatic heterocycles. The molecule has 0 fully saturated rings. The molecule has 2 atom stereocenters. The van der Waals surface area contributed by atoms with Crippen molar-refractivity contribution in [3.05, 3.63) is 71.6 Å². The molecule has 2 unspecified atom stereocenters. The number of carboxylic acids is 1. The standard InChI is InChI=1S/C22H18N2O3/c25-21(26)11-10-15-13-23-22-19(15)12-16(14-24-22)18-8-4-5-9-20(18)27-17-6-2-1-3-7-17/h1-9,14-16,23H,12-13H2,(H,25,26). The van der Waals surface area contributed by atoms with E-state index in [4.69, 9.17) is 9.84 Å². The number of carbonyl (C=O) groups is 1. The van der Waals surface area contributed by atoms with Crippen molar-refractivity contribution in [1.29, 1.82) is 0 Å². The topological polar surface area (TPSA) is 70.9 Å². The lowest BCUT2D eigenvalue weighted by atomic mass is 9.86. The van der Waals surface area contributed by atoms with Crippen molar-refractivity contribution in [3.63, 3.8) is 0 Å². The van der Waals surface area contributed by atoms with Crippen LogP contribution in [0.3, 0.4) is 0 Å². The third kappa shape index (κ3) is 3.70. The van der Waals surface area contributed by atoms with Gasteiger partial charge < -0.3 is 15.2 Å². The van der Waals surface area contributed by atoms with Crippen molar-refractivity contribution < 1.29 is 14.6 Å². The fourth-order valence-corrected chi connectivity index (χ4v) is 3.39. The van der Waals surface area contributed by atoms with Crippen LogP contribution in [0.1, 0.15) is 17.9 Å². The molecule has 0 spiro atoms. The summed E-state index contributed by atoms with van der Waals surface area (Å²) in [7, 11) is 0. The minimum atomic E-state index is -1.11. The van der Waals surface area contributed by atoms with Crippen LogP contribution in [-0.2, 0) is 4.79 Å². The minimum Gasteiger partial charge on any atom is -0.472 e. The maximum Gasteiger partial charge on any atom is 0.381 e. The summed E-state index contributed by atoms with van der Waals surface area (Å²) in [4.78, 5) is 15.3. The lowest BCUT2D eigenvalue weighted by molar-refractivity contribution is -0.130. The maximum atomic E-state index is 10.8. The zero-order valence-corrected chi connectivity index (χ0v) is 14.6. The van der Waals surface area contributed by atoms with Gasteiger partial charge in [0.15, 0.2) is 0 Å². The van der Waals surface area contributed by atoms with E-state index < -0.39 is 5.97 Å². The Balaban J connectivity index is 1.59. The summed E-state index contributed by atoms with van der Waals surface area (Å²) in [5, 5.41) is 12.0. The third-order valence-corrected chi connectivity index (χ3v) is 4.66. The number of hydrogen-bond donors (Lipinski definition) is 2. The van der Waals surface area contributed by atoms with Crippen molar-refractivity contribution >= 4 is 12.2 Å². The lowest BCUT2D eigenvalue weighted by Gasteiger charge is -2.21. The molecule has 2 aromatic rings. The molecule has 2 aromatic carbocycles. The number of para-hydroxylation sites is 2. The number of benzene rings is 2. The Morgan fingerprint density at radius 1 is 1.15 bits per heavy atom. The third-order valence-electron chi connectivity index (χ3n) is 4.66. The van der Waals surface area contributed by atoms with E-state index in [1.807, 2.05) is 60.8 Å². The van der Waals surface area contributed by atoms with E-state index in [0.29, 0.717) is 6.54 Å². The smallest absolute Gasteiger partial charge is 0.381 e. The Hall–Kier alpha value is -3.52. The van der Waals surface area contributed by atoms with Crippen LogP contribution in [0, 0.1) is 17.8 Å². The maximum absolute atomic E-state index is 10.8. The van der Waals surface area contributed by atoms with Gasteiger partial charge in [-0.1, -0.05) is 42.3 Å². The highest BCUT2D eigenvalue weighted by molar-refractivity contribution is 5.86. The first kappa shape index (κ1) is 16.9. The van der Waals surface area contributed by atoms with Crippen LogP contribution >= 0.6 is 0 Å². The molecule has 5 heteroatoms. The predicted octanol–water partition coefficient (Wildman–Crippen LogP) is 3.56. The molecule has 27 heavy (non-hydrogen) atoms. The molecule has 4 rings (SSSR count). The highest BCUT2D eigenvalue weighted by Gasteiger charge is 2.30. The number of nitrogens with zero attached hydrogens (tertiary/aromatic N) is 1. The predicted molar refractivity (Wildman–Crippen MR) is 103 cm³/mol. The summed E-state index contributed by atoms with van der Waals surface area (Å²) in [5.74, 6) is 6.28. The van der Waals surface area contributed by atoms with Crippen molar-refractivity contribution in [3.8, 4) is 23.3 Å². The molecular formula is C22H18N2O3. The molecule has 0 aliphatic carbocycles. The van der Waals surface area contributed by atoms with Crippen LogP contribution in [0.4, 0.5) is 0 Å². The zero-order valence-electron chi connectivity index (χ0n) is 14.6. The van der Waals surface area contributed by atoms with E-state index >= 15 is 0 Å². The molecule has 5 nitrogen and oxygen atoms in total. The second kappa shape index (κ2) is 7.38. The van der Waals surface area contributed by atoms with Crippen molar-refractivity contribution in [1.82, 2.24) is 5.32 Å². The van der Waals surface area contributed by atoms with Crippen LogP contribution in [-0.4, -0.2) is 23.8 Å². The minimum absolute atomic E-state index is 0.0534. The molecule has 2 heterocycles. The van der Waals surface area contributed by atoms with Crippen LogP contribution in [0.15, 0.2) is 71.0 Å². The molecule has 0 saturated heterocycles. The van der Waals surface area contributed by atoms with Crippen LogP contribution in [0.5, 0.6) is 11.5 Å². The quantitative estimate of drug-likeness (QED) is 0.823. The van der Waals surface area contributed by atoms with Crippen LogP contribution in [0.25, 0.3) is 0 Å². The van der Waals surface area contributed by atoms with Gasteiger partial charge in [-0.05, 0) is 30.2 Å². The number of nitrogens with one attached hydrogen (secondary N) is 1. The Labute approximate surface area is 157 Å². The first-order valence-electron chi connectivity index (χ1n) is 8.78. The highest BCUT2D eigenvalue weighted by Crippen LogP contribution is 2.38. The van der Waals surface area contributed by atoms with Crippen molar-refractivity contribution in [2.45, 2.75) is 12.3 Å². The zero-order chi connectivity index (χ0) is 18.6. The van der Waals surface area contributed by atoms with Crippen LogP contribution in [0.2, 0.25) is 0 Å². The van der Waals surface area contributed by atoms with E-state index in [2.05, 4.69) is 22.2 Å². The molecule has 134 valence electrons. The van der Waals surface area contributed by atoms with Gasteiger partial charge in [-0.25, -0.2) is 9.79 Å². The van der Waals surface area contributed by atoms with Gasteiger partial charge in [0.05, 0.1) is 5.92 Å². The van der Waals surface area contributed by atoms with Gasteiger partial charge in [-0.15, -0.1) is 0 Å². The largest absolute Gasteiger partial charge is 0.472 e. The first-order chi connectivity index (χ1) is 13.2. The van der Waals surface area contributed by atoms with E-state index in [0.717, 1.165) is 34.9 Å². The normalized spacial score (nSPS) is 20.3. The monoisotopic (exact) mass is 358 g/mol. The van der Waals surface area contributed by atoms with Gasteiger partial charge in [-0.3, -0.25) is 0 Å². The van der Waals surface area contributed by atoms with Gasteiger partial charge in [-0.2, -0.15) is 0 Å². The Kier molecular flexibility index (Phi) is 4.63.